The van der Waals surface area contributed by atoms with E-state index >= 15 is 0 Å². The van der Waals surface area contributed by atoms with Gasteiger partial charge in [-0.1, -0.05) is 61.4 Å². The molecule has 2 aromatic heterocycles. The van der Waals surface area contributed by atoms with Crippen LogP contribution in [0.1, 0.15) is 62.2 Å². The van der Waals surface area contributed by atoms with Crippen molar-refractivity contribution in [2.75, 3.05) is 0 Å². The van der Waals surface area contributed by atoms with Crippen molar-refractivity contribution in [1.82, 2.24) is 15.3 Å². The predicted octanol–water partition coefficient (Wildman–Crippen LogP) is 5.23. The monoisotopic (exact) mass is 457 g/mol. The number of aryl methyl sites for hydroxylation is 1. The number of imidazole rings is 1. The molecule has 4 rings (SSSR count). The molecular weight excluding hydrogens is 424 g/mol. The largest absolute Gasteiger partial charge is 0.358 e. The van der Waals surface area contributed by atoms with E-state index < -0.39 is 0 Å². The van der Waals surface area contributed by atoms with Gasteiger partial charge in [0.1, 0.15) is 18.0 Å². The molecule has 34 heavy (non-hydrogen) atoms. The van der Waals surface area contributed by atoms with Gasteiger partial charge in [-0.25, -0.2) is 9.97 Å². The zero-order valence-corrected chi connectivity index (χ0v) is 19.9. The minimum Gasteiger partial charge on any atom is -0.358 e. The minimum absolute atomic E-state index is 0.00847. The Hall–Kier alpha value is -3.67. The van der Waals surface area contributed by atoms with Crippen LogP contribution in [0.25, 0.3) is 22.2 Å². The smallest absolute Gasteiger partial charge is 0.275 e. The third-order valence-corrected chi connectivity index (χ3v) is 6.30. The first-order valence-electron chi connectivity index (χ1n) is 12.0. The summed E-state index contributed by atoms with van der Waals surface area (Å²) in [5.74, 6) is 1.10. The number of benzene rings is 2. The number of carbonyl (C=O) groups is 2. The van der Waals surface area contributed by atoms with Gasteiger partial charge in [0, 0.05) is 28.6 Å². The number of hydrogen-bond donors (Lipinski definition) is 3. The highest BCUT2D eigenvalue weighted by atomic mass is 16.1. The molecule has 0 saturated heterocycles. The summed E-state index contributed by atoms with van der Waals surface area (Å²) in [5.41, 5.74) is 5.18. The van der Waals surface area contributed by atoms with Crippen LogP contribution in [-0.2, 0) is 16.0 Å². The van der Waals surface area contributed by atoms with E-state index in [9.17, 15) is 9.59 Å². The summed E-state index contributed by atoms with van der Waals surface area (Å²) >= 11 is 0. The first-order chi connectivity index (χ1) is 16.5. The highest BCUT2D eigenvalue weighted by Crippen LogP contribution is 2.24. The highest BCUT2D eigenvalue weighted by molar-refractivity contribution is 5.90. The SMILES string of the molecule is CC(=O)CCCCC[C@H](NC(=O)Cc1c(C)[nH]c2ccccc12)c1[nH]c(-c2ccccc2)c[nH+]1. The number of H-pyrrole nitrogens is 3. The van der Waals surface area contributed by atoms with Crippen molar-refractivity contribution in [3.8, 4) is 11.3 Å². The summed E-state index contributed by atoms with van der Waals surface area (Å²) in [5, 5.41) is 4.34. The van der Waals surface area contributed by atoms with Crippen molar-refractivity contribution in [2.24, 2.45) is 0 Å². The number of aromatic nitrogens is 3. The normalized spacial score (nSPS) is 12.1. The first-order valence-corrected chi connectivity index (χ1v) is 12.0. The summed E-state index contributed by atoms with van der Waals surface area (Å²) < 4.78 is 0. The Labute approximate surface area is 200 Å². The van der Waals surface area contributed by atoms with Crippen molar-refractivity contribution < 1.29 is 14.6 Å². The number of ketones is 1. The molecule has 4 aromatic rings. The Balaban J connectivity index is 1.48. The molecule has 0 aliphatic carbocycles. The summed E-state index contributed by atoms with van der Waals surface area (Å²) in [6.45, 7) is 3.65. The van der Waals surface area contributed by atoms with Gasteiger partial charge in [-0.05, 0) is 38.3 Å². The second kappa shape index (κ2) is 11.0. The van der Waals surface area contributed by atoms with Gasteiger partial charge in [0.15, 0.2) is 5.69 Å². The summed E-state index contributed by atoms with van der Waals surface area (Å²) in [6.07, 6.45) is 6.45. The molecule has 0 fully saturated rings. The Bertz CT molecular complexity index is 1260. The molecule has 4 N–H and O–H groups in total. The first kappa shape index (κ1) is 23.5. The van der Waals surface area contributed by atoms with E-state index in [0.29, 0.717) is 12.8 Å². The summed E-state index contributed by atoms with van der Waals surface area (Å²) in [7, 11) is 0. The lowest BCUT2D eigenvalue weighted by Gasteiger charge is -2.14. The predicted molar refractivity (Wildman–Crippen MR) is 134 cm³/mol. The third kappa shape index (κ3) is 5.81. The standard InChI is InChI=1S/C28H32N4O2/c1-19(33)11-5-3-8-16-25(28-29-18-26(32-28)21-12-6-4-7-13-21)31-27(34)17-23-20(2)30-24-15-10-9-14-22(23)24/h4,6-7,9-10,12-15,18,25,30H,3,5,8,11,16-17H2,1-2H3,(H,29,32)(H,31,34)/p+1/t25-/m0/s1. The van der Waals surface area contributed by atoms with Crippen LogP contribution >= 0.6 is 0 Å². The number of fused-ring (bicyclic) bond motifs is 1. The minimum atomic E-state index is -0.159. The molecule has 1 amide bonds. The molecule has 6 nitrogen and oxygen atoms in total. The van der Waals surface area contributed by atoms with Gasteiger partial charge in [0.05, 0.1) is 6.42 Å². The molecule has 0 aliphatic rings. The van der Waals surface area contributed by atoms with Crippen molar-refractivity contribution in [3.05, 3.63) is 77.9 Å². The molecule has 1 atom stereocenters. The van der Waals surface area contributed by atoms with Crippen molar-refractivity contribution in [1.29, 1.82) is 0 Å². The fourth-order valence-corrected chi connectivity index (χ4v) is 4.48. The van der Waals surface area contributed by atoms with Crippen molar-refractivity contribution >= 4 is 22.6 Å². The number of nitrogens with one attached hydrogen (secondary N) is 4. The van der Waals surface area contributed by atoms with Crippen LogP contribution < -0.4 is 10.3 Å². The fraction of sp³-hybridized carbons (Fsp3) is 0.321. The van der Waals surface area contributed by atoms with Crippen molar-refractivity contribution in [3.63, 3.8) is 0 Å². The molecule has 0 aliphatic heterocycles. The van der Waals surface area contributed by atoms with Gasteiger partial charge < -0.3 is 15.1 Å². The lowest BCUT2D eigenvalue weighted by molar-refractivity contribution is -0.391. The van der Waals surface area contributed by atoms with Crippen LogP contribution in [-0.4, -0.2) is 21.7 Å². The van der Waals surface area contributed by atoms with Crippen LogP contribution in [0.3, 0.4) is 0 Å². The van der Waals surface area contributed by atoms with Gasteiger partial charge in [0.2, 0.25) is 5.91 Å². The Morgan fingerprint density at radius 1 is 0.971 bits per heavy atom. The Morgan fingerprint density at radius 2 is 1.74 bits per heavy atom. The Morgan fingerprint density at radius 3 is 2.53 bits per heavy atom. The third-order valence-electron chi connectivity index (χ3n) is 6.30. The number of carbonyl (C=O) groups excluding carboxylic acids is 2. The van der Waals surface area contributed by atoms with Crippen LogP contribution in [0.4, 0.5) is 0 Å². The topological polar surface area (TPSA) is 91.9 Å². The summed E-state index contributed by atoms with van der Waals surface area (Å²) in [6, 6.07) is 18.0. The maximum Gasteiger partial charge on any atom is 0.275 e. The number of rotatable bonds is 11. The summed E-state index contributed by atoms with van der Waals surface area (Å²) in [4.78, 5) is 34.6. The molecule has 0 saturated carbocycles. The van der Waals surface area contributed by atoms with E-state index in [-0.39, 0.29) is 17.7 Å². The van der Waals surface area contributed by atoms with E-state index in [2.05, 4.69) is 38.5 Å². The molecule has 0 spiro atoms. The van der Waals surface area contributed by atoms with Crippen LogP contribution in [0.2, 0.25) is 0 Å². The lowest BCUT2D eigenvalue weighted by Crippen LogP contribution is -2.33. The number of aromatic amines is 3. The lowest BCUT2D eigenvalue weighted by atomic mass is 10.0. The zero-order chi connectivity index (χ0) is 23.9. The van der Waals surface area contributed by atoms with Crippen molar-refractivity contribution in [2.45, 2.75) is 58.4 Å². The number of para-hydroxylation sites is 1. The molecule has 6 heteroatoms. The van der Waals surface area contributed by atoms with Crippen LogP contribution in [0.5, 0.6) is 0 Å². The fourth-order valence-electron chi connectivity index (χ4n) is 4.48. The molecule has 2 heterocycles. The molecule has 0 bridgehead atoms. The van der Waals surface area contributed by atoms with Gasteiger partial charge in [-0.2, -0.15) is 0 Å². The van der Waals surface area contributed by atoms with Gasteiger partial charge in [0.25, 0.3) is 5.82 Å². The number of unbranched alkanes of at least 4 members (excludes halogenated alkanes) is 2. The van der Waals surface area contributed by atoms with E-state index in [1.165, 1.54) is 0 Å². The Kier molecular flexibility index (Phi) is 7.58. The maximum atomic E-state index is 13.1. The number of amides is 1. The van der Waals surface area contributed by atoms with E-state index in [4.69, 9.17) is 0 Å². The van der Waals surface area contributed by atoms with Gasteiger partial charge >= 0.3 is 0 Å². The highest BCUT2D eigenvalue weighted by Gasteiger charge is 2.24. The molecule has 0 radical (unpaired) electrons. The molecular formula is C28H33N4O2+. The van der Waals surface area contributed by atoms with E-state index in [0.717, 1.165) is 64.9 Å². The van der Waals surface area contributed by atoms with Crippen LogP contribution in [0.15, 0.2) is 60.8 Å². The second-order valence-electron chi connectivity index (χ2n) is 8.98. The maximum absolute atomic E-state index is 13.1. The van der Waals surface area contributed by atoms with Gasteiger partial charge in [-0.3, -0.25) is 4.79 Å². The molecule has 0 unspecified atom stereocenters. The number of Topliss-reactive ketones (excluding diaryl/α,β-unsaturated/α-hetero) is 1. The average Bonchev–Trinajstić information content (AvgIpc) is 3.44. The van der Waals surface area contributed by atoms with Gasteiger partial charge in [-0.15, -0.1) is 0 Å². The molecule has 176 valence electrons. The van der Waals surface area contributed by atoms with E-state index in [1.807, 2.05) is 49.5 Å². The second-order valence-corrected chi connectivity index (χ2v) is 8.98. The average molecular weight is 458 g/mol. The van der Waals surface area contributed by atoms with Crippen LogP contribution in [0, 0.1) is 6.92 Å². The van der Waals surface area contributed by atoms with E-state index in [1.54, 1.807) is 6.92 Å². The quantitative estimate of drug-likeness (QED) is 0.269. The zero-order valence-electron chi connectivity index (χ0n) is 19.9. The molecule has 2 aromatic carbocycles. The number of hydrogen-bond acceptors (Lipinski definition) is 2.